The molecule has 0 aliphatic rings. The maximum atomic E-state index is 6.24. The van der Waals surface area contributed by atoms with Crippen LogP contribution < -0.4 is 0 Å². The van der Waals surface area contributed by atoms with E-state index in [9.17, 15) is 0 Å². The van der Waals surface area contributed by atoms with Crippen LogP contribution in [-0.2, 0) is 0 Å². The maximum absolute atomic E-state index is 6.24. The molecule has 0 radical (unpaired) electrons. The van der Waals surface area contributed by atoms with Crippen molar-refractivity contribution in [1.82, 2.24) is 14.5 Å². The fourth-order valence-corrected chi connectivity index (χ4v) is 4.09. The zero-order valence-corrected chi connectivity index (χ0v) is 15.8. The number of para-hydroxylation sites is 4. The number of aromatic nitrogens is 3. The predicted octanol–water partition coefficient (Wildman–Crippen LogP) is 6.30. The smallest absolute Gasteiger partial charge is 0.153 e. The van der Waals surface area contributed by atoms with Gasteiger partial charge in [0.25, 0.3) is 0 Å². The van der Waals surface area contributed by atoms with Gasteiger partial charge in [0, 0.05) is 17.0 Å². The van der Waals surface area contributed by atoms with E-state index in [1.165, 1.54) is 5.56 Å². The van der Waals surface area contributed by atoms with Gasteiger partial charge in [-0.3, -0.25) is 9.55 Å². The van der Waals surface area contributed by atoms with Crippen molar-refractivity contribution in [2.45, 2.75) is 6.92 Å². The van der Waals surface area contributed by atoms with E-state index < -0.39 is 0 Å². The first-order valence-corrected chi connectivity index (χ1v) is 9.60. The van der Waals surface area contributed by atoms with Gasteiger partial charge in [0.2, 0.25) is 0 Å². The zero-order chi connectivity index (χ0) is 19.4. The van der Waals surface area contributed by atoms with Crippen LogP contribution in [0.4, 0.5) is 0 Å². The molecule has 29 heavy (non-hydrogen) atoms. The molecule has 0 saturated carbocycles. The first kappa shape index (κ1) is 16.1. The van der Waals surface area contributed by atoms with Crippen LogP contribution in [0.2, 0.25) is 0 Å². The number of furan rings is 1. The predicted molar refractivity (Wildman–Crippen MR) is 116 cm³/mol. The lowest BCUT2D eigenvalue weighted by Crippen LogP contribution is -2.00. The number of pyridine rings is 1. The second-order valence-corrected chi connectivity index (χ2v) is 7.20. The molecule has 4 nitrogen and oxygen atoms in total. The monoisotopic (exact) mass is 375 g/mol. The molecule has 6 aromatic rings. The van der Waals surface area contributed by atoms with Crippen molar-refractivity contribution in [3.63, 3.8) is 0 Å². The number of nitrogens with zero attached hydrogens (tertiary/aromatic N) is 3. The highest BCUT2D eigenvalue weighted by molar-refractivity contribution is 6.09. The van der Waals surface area contributed by atoms with Crippen LogP contribution in [0.1, 0.15) is 5.56 Å². The first-order valence-electron chi connectivity index (χ1n) is 9.60. The van der Waals surface area contributed by atoms with Crippen LogP contribution in [0.15, 0.2) is 89.6 Å². The first-order chi connectivity index (χ1) is 14.3. The topological polar surface area (TPSA) is 43.9 Å². The second kappa shape index (κ2) is 6.04. The molecule has 0 aliphatic heterocycles. The van der Waals surface area contributed by atoms with E-state index in [1.54, 1.807) is 12.4 Å². The lowest BCUT2D eigenvalue weighted by molar-refractivity contribution is 0.667. The van der Waals surface area contributed by atoms with Gasteiger partial charge in [-0.05, 0) is 42.8 Å². The molecule has 4 heteroatoms. The Bertz CT molecular complexity index is 1520. The van der Waals surface area contributed by atoms with Crippen LogP contribution in [0.3, 0.4) is 0 Å². The number of hydrogen-bond acceptors (Lipinski definition) is 3. The van der Waals surface area contributed by atoms with Crippen LogP contribution in [0.5, 0.6) is 0 Å². The summed E-state index contributed by atoms with van der Waals surface area (Å²) in [6.07, 6.45) is 3.57. The summed E-state index contributed by atoms with van der Waals surface area (Å²) in [4.78, 5) is 9.22. The molecule has 0 unspecified atom stereocenters. The van der Waals surface area contributed by atoms with Gasteiger partial charge in [0.15, 0.2) is 5.58 Å². The van der Waals surface area contributed by atoms with Crippen molar-refractivity contribution in [3.05, 3.63) is 90.8 Å². The molecule has 0 saturated heterocycles. The Morgan fingerprint density at radius 3 is 2.62 bits per heavy atom. The third-order valence-corrected chi connectivity index (χ3v) is 5.46. The number of imidazole rings is 1. The quantitative estimate of drug-likeness (QED) is 0.357. The molecule has 0 atom stereocenters. The molecule has 138 valence electrons. The molecule has 3 heterocycles. The number of fused-ring (bicyclic) bond motifs is 4. The molecule has 3 aromatic carbocycles. The fraction of sp³-hybridized carbons (Fsp3) is 0.0400. The van der Waals surface area contributed by atoms with Gasteiger partial charge in [0.05, 0.1) is 28.5 Å². The third-order valence-electron chi connectivity index (χ3n) is 5.46. The minimum atomic E-state index is 0.786. The Labute approximate surface area is 167 Å². The van der Waals surface area contributed by atoms with E-state index in [0.717, 1.165) is 50.0 Å². The largest absolute Gasteiger partial charge is 0.454 e. The van der Waals surface area contributed by atoms with E-state index >= 15 is 0 Å². The lowest BCUT2D eigenvalue weighted by Gasteiger charge is -2.12. The number of hydrogen-bond donors (Lipinski definition) is 0. The average molecular weight is 375 g/mol. The highest BCUT2D eigenvalue weighted by Gasteiger charge is 2.19. The Balaban J connectivity index is 1.75. The zero-order valence-electron chi connectivity index (χ0n) is 15.8. The Morgan fingerprint density at radius 2 is 1.69 bits per heavy atom. The van der Waals surface area contributed by atoms with Crippen LogP contribution in [-0.4, -0.2) is 14.5 Å². The summed E-state index contributed by atoms with van der Waals surface area (Å²) in [5.41, 5.74) is 6.93. The van der Waals surface area contributed by atoms with E-state index in [-0.39, 0.29) is 0 Å². The van der Waals surface area contributed by atoms with Crippen molar-refractivity contribution < 1.29 is 4.42 Å². The van der Waals surface area contributed by atoms with Crippen molar-refractivity contribution in [2.75, 3.05) is 0 Å². The Kier molecular flexibility index (Phi) is 3.35. The molecular weight excluding hydrogens is 358 g/mol. The van der Waals surface area contributed by atoms with Gasteiger partial charge in [0.1, 0.15) is 11.4 Å². The van der Waals surface area contributed by atoms with Crippen molar-refractivity contribution in [3.8, 4) is 17.1 Å². The third kappa shape index (κ3) is 2.32. The SMILES string of the molecule is Cc1ccccc1-n1c(-c2cccc3c2oc2cnccc23)nc2ccccc21. The van der Waals surface area contributed by atoms with Gasteiger partial charge in [-0.1, -0.05) is 42.5 Å². The molecule has 0 amide bonds. The van der Waals surface area contributed by atoms with Crippen molar-refractivity contribution in [2.24, 2.45) is 0 Å². The summed E-state index contributed by atoms with van der Waals surface area (Å²) < 4.78 is 8.47. The summed E-state index contributed by atoms with van der Waals surface area (Å²) in [6, 6.07) is 24.8. The molecular formula is C25H17N3O. The van der Waals surface area contributed by atoms with Crippen molar-refractivity contribution in [1.29, 1.82) is 0 Å². The molecule has 3 aromatic heterocycles. The molecule has 0 fully saturated rings. The Morgan fingerprint density at radius 1 is 0.828 bits per heavy atom. The summed E-state index contributed by atoms with van der Waals surface area (Å²) in [7, 11) is 0. The summed E-state index contributed by atoms with van der Waals surface area (Å²) in [5, 5.41) is 2.14. The van der Waals surface area contributed by atoms with Gasteiger partial charge >= 0.3 is 0 Å². The van der Waals surface area contributed by atoms with Crippen LogP contribution in [0.25, 0.3) is 50.0 Å². The van der Waals surface area contributed by atoms with Crippen LogP contribution >= 0.6 is 0 Å². The Hall–Kier alpha value is -3.92. The fourth-order valence-electron chi connectivity index (χ4n) is 4.09. The van der Waals surface area contributed by atoms with E-state index in [2.05, 4.69) is 77.1 Å². The highest BCUT2D eigenvalue weighted by Crippen LogP contribution is 2.37. The standard InChI is InChI=1S/C25H17N3O/c1-16-7-2-4-11-21(16)28-22-12-5-3-10-20(22)27-25(28)19-9-6-8-18-17-13-14-26-15-23(17)29-24(18)19/h2-15H,1H3. The average Bonchev–Trinajstić information content (AvgIpc) is 3.32. The number of aryl methyl sites for hydroxylation is 1. The minimum Gasteiger partial charge on any atom is -0.454 e. The lowest BCUT2D eigenvalue weighted by atomic mass is 10.1. The van der Waals surface area contributed by atoms with Gasteiger partial charge in [-0.15, -0.1) is 0 Å². The van der Waals surface area contributed by atoms with Gasteiger partial charge in [-0.25, -0.2) is 4.98 Å². The van der Waals surface area contributed by atoms with Crippen LogP contribution in [0, 0.1) is 6.92 Å². The van der Waals surface area contributed by atoms with E-state index in [4.69, 9.17) is 9.40 Å². The van der Waals surface area contributed by atoms with Gasteiger partial charge in [-0.2, -0.15) is 0 Å². The van der Waals surface area contributed by atoms with E-state index in [0.29, 0.717) is 0 Å². The second-order valence-electron chi connectivity index (χ2n) is 7.20. The molecule has 0 aliphatic carbocycles. The summed E-state index contributed by atoms with van der Waals surface area (Å²) in [6.45, 7) is 2.13. The number of rotatable bonds is 2. The highest BCUT2D eigenvalue weighted by atomic mass is 16.3. The molecule has 0 spiro atoms. The summed E-state index contributed by atoms with van der Waals surface area (Å²) in [5.74, 6) is 0.873. The molecule has 6 rings (SSSR count). The molecule has 0 bridgehead atoms. The maximum Gasteiger partial charge on any atom is 0.153 e. The minimum absolute atomic E-state index is 0.786. The summed E-state index contributed by atoms with van der Waals surface area (Å²) >= 11 is 0. The normalized spacial score (nSPS) is 11.6. The van der Waals surface area contributed by atoms with E-state index in [1.807, 2.05) is 12.1 Å². The molecule has 0 N–H and O–H groups in total. The van der Waals surface area contributed by atoms with Gasteiger partial charge < -0.3 is 4.42 Å². The van der Waals surface area contributed by atoms with Crippen molar-refractivity contribution >= 4 is 33.0 Å². The number of benzene rings is 3.